The van der Waals surface area contributed by atoms with E-state index in [9.17, 15) is 8.78 Å². The zero-order valence-corrected chi connectivity index (χ0v) is 9.98. The van der Waals surface area contributed by atoms with Gasteiger partial charge in [0.15, 0.2) is 0 Å². The smallest absolute Gasteiger partial charge is 0.255 e. The summed E-state index contributed by atoms with van der Waals surface area (Å²) in [5.74, 6) is -1.06. The second kappa shape index (κ2) is 2.60. The highest BCUT2D eigenvalue weighted by Crippen LogP contribution is 2.96. The van der Waals surface area contributed by atoms with Gasteiger partial charge < -0.3 is 4.74 Å². The third-order valence-corrected chi connectivity index (χ3v) is 7.03. The lowest BCUT2D eigenvalue weighted by Crippen LogP contribution is -2.69. The highest BCUT2D eigenvalue weighted by Gasteiger charge is 2.97. The van der Waals surface area contributed by atoms with Gasteiger partial charge >= 0.3 is 0 Å². The topological polar surface area (TPSA) is 33.0 Å². The maximum Gasteiger partial charge on any atom is 0.255 e. The second-order valence-corrected chi connectivity index (χ2v) is 6.94. The molecule has 4 bridgehead atoms. The van der Waals surface area contributed by atoms with Gasteiger partial charge in [0.2, 0.25) is 0 Å². The normalized spacial score (nSPS) is 62.6. The third kappa shape index (κ3) is 0.672. The van der Waals surface area contributed by atoms with Gasteiger partial charge in [0.05, 0.1) is 25.7 Å². The molecule has 6 saturated carbocycles. The van der Waals surface area contributed by atoms with Crippen molar-refractivity contribution in [1.29, 1.82) is 5.26 Å². The minimum atomic E-state index is -2.42. The zero-order chi connectivity index (χ0) is 12.3. The lowest BCUT2D eigenvalue weighted by Gasteiger charge is -2.69. The Morgan fingerprint density at radius 2 is 2.11 bits per heavy atom. The molecule has 0 saturated heterocycles. The van der Waals surface area contributed by atoms with Gasteiger partial charge in [-0.1, -0.05) is 0 Å². The van der Waals surface area contributed by atoms with Gasteiger partial charge in [0.1, 0.15) is 0 Å². The Bertz CT molecular complexity index is 487. The Balaban J connectivity index is 1.45. The quantitative estimate of drug-likeness (QED) is 0.718. The van der Waals surface area contributed by atoms with E-state index in [2.05, 4.69) is 0 Å². The molecule has 8 atom stereocenters. The summed E-state index contributed by atoms with van der Waals surface area (Å²) in [7, 11) is 0. The number of rotatable bonds is 4. The van der Waals surface area contributed by atoms with E-state index in [1.807, 2.05) is 6.07 Å². The lowest BCUT2D eigenvalue weighted by atomic mass is 9.34. The van der Waals surface area contributed by atoms with Crippen molar-refractivity contribution in [3.05, 3.63) is 0 Å². The van der Waals surface area contributed by atoms with Gasteiger partial charge in [-0.25, -0.2) is 8.78 Å². The summed E-state index contributed by atoms with van der Waals surface area (Å²) in [4.78, 5) is 0. The molecule has 18 heavy (non-hydrogen) atoms. The maximum absolute atomic E-state index is 14.3. The van der Waals surface area contributed by atoms with Gasteiger partial charge in [-0.2, -0.15) is 5.26 Å². The minimum Gasteiger partial charge on any atom is -0.380 e. The summed E-state index contributed by atoms with van der Waals surface area (Å²) in [5, 5.41) is 8.49. The maximum atomic E-state index is 14.3. The molecule has 6 fully saturated rings. The number of halogens is 2. The van der Waals surface area contributed by atoms with Crippen molar-refractivity contribution in [2.45, 2.75) is 18.8 Å². The van der Waals surface area contributed by atoms with E-state index < -0.39 is 5.92 Å². The SMILES string of the molecule is N#CCCOC[C@@]12[C@@H]3[C@H]4[C@H]5[C@H](C[C@@H]41)[C@H]2C(F)(F)[C@@H]53. The van der Waals surface area contributed by atoms with Crippen molar-refractivity contribution >= 4 is 0 Å². The van der Waals surface area contributed by atoms with Gasteiger partial charge in [-0.15, -0.1) is 0 Å². The molecule has 0 radical (unpaired) electrons. The number of hydrogen-bond donors (Lipinski definition) is 0. The van der Waals surface area contributed by atoms with E-state index in [4.69, 9.17) is 10.00 Å². The van der Waals surface area contributed by atoms with Crippen LogP contribution in [-0.2, 0) is 4.74 Å². The van der Waals surface area contributed by atoms with Crippen LogP contribution >= 0.6 is 0 Å². The van der Waals surface area contributed by atoms with Crippen LogP contribution in [0.15, 0.2) is 0 Å². The van der Waals surface area contributed by atoms with Crippen molar-refractivity contribution < 1.29 is 13.5 Å². The van der Waals surface area contributed by atoms with E-state index in [1.54, 1.807) is 0 Å². The highest BCUT2D eigenvalue weighted by atomic mass is 19.3. The van der Waals surface area contributed by atoms with Crippen LogP contribution in [0.4, 0.5) is 8.78 Å². The number of alkyl halides is 2. The summed E-state index contributed by atoms with van der Waals surface area (Å²) >= 11 is 0. The van der Waals surface area contributed by atoms with Crippen LogP contribution in [0.2, 0.25) is 0 Å². The van der Waals surface area contributed by atoms with Gasteiger partial charge in [-0.3, -0.25) is 0 Å². The van der Waals surface area contributed by atoms with E-state index in [1.165, 1.54) is 0 Å². The van der Waals surface area contributed by atoms with Crippen LogP contribution in [0.25, 0.3) is 0 Å². The standard InChI is InChI=1S/C14H15F2NO/c15-14(16)11-8-6-4-7-9(8)10(11)13(7,12(6)14)5-18-3-1-2-17/h6-12H,1,3-5H2/t6-,7-,8+,9+,10+,11-,12+,13-/m0/s1. The Kier molecular flexibility index (Phi) is 1.47. The molecular weight excluding hydrogens is 236 g/mol. The summed E-state index contributed by atoms with van der Waals surface area (Å²) in [6.45, 7) is 0.889. The molecule has 0 amide bonds. The van der Waals surface area contributed by atoms with Crippen molar-refractivity contribution in [3.63, 3.8) is 0 Å². The van der Waals surface area contributed by atoms with Gasteiger partial charge in [-0.05, 0) is 36.0 Å². The monoisotopic (exact) mass is 251 g/mol. The third-order valence-electron chi connectivity index (χ3n) is 7.03. The molecule has 96 valence electrons. The fourth-order valence-corrected chi connectivity index (χ4v) is 7.09. The first-order chi connectivity index (χ1) is 8.65. The lowest BCUT2D eigenvalue weighted by molar-refractivity contribution is -0.261. The molecule has 0 spiro atoms. The first-order valence-corrected chi connectivity index (χ1v) is 6.98. The van der Waals surface area contributed by atoms with Crippen LogP contribution in [-0.4, -0.2) is 19.1 Å². The molecule has 0 N–H and O–H groups in total. The predicted octanol–water partition coefficient (Wildman–Crippen LogP) is 2.31. The second-order valence-electron chi connectivity index (χ2n) is 6.94. The van der Waals surface area contributed by atoms with Gasteiger partial charge in [0, 0.05) is 17.3 Å². The Morgan fingerprint density at radius 3 is 2.89 bits per heavy atom. The summed E-state index contributed by atoms with van der Waals surface area (Å²) in [5.41, 5.74) is -0.187. The van der Waals surface area contributed by atoms with E-state index in [-0.39, 0.29) is 23.2 Å². The average Bonchev–Trinajstić information content (AvgIpc) is 2.74. The molecule has 0 aromatic rings. The molecule has 0 aliphatic heterocycles. The van der Waals surface area contributed by atoms with Crippen molar-refractivity contribution in [2.75, 3.05) is 13.2 Å². The van der Waals surface area contributed by atoms with Crippen LogP contribution in [0.5, 0.6) is 0 Å². The Hall–Kier alpha value is -0.690. The predicted molar refractivity (Wildman–Crippen MR) is 57.5 cm³/mol. The summed E-state index contributed by atoms with van der Waals surface area (Å²) < 4.78 is 34.3. The van der Waals surface area contributed by atoms with E-state index >= 15 is 0 Å². The fraction of sp³-hybridized carbons (Fsp3) is 0.929. The number of hydrogen-bond acceptors (Lipinski definition) is 2. The van der Waals surface area contributed by atoms with Gasteiger partial charge in [0.25, 0.3) is 5.92 Å². The first kappa shape index (κ1) is 10.1. The molecule has 6 aliphatic rings. The van der Waals surface area contributed by atoms with Crippen LogP contribution in [0, 0.1) is 58.2 Å². The molecule has 6 aliphatic carbocycles. The Morgan fingerprint density at radius 1 is 1.28 bits per heavy atom. The largest absolute Gasteiger partial charge is 0.380 e. The molecule has 0 unspecified atom stereocenters. The molecule has 4 heteroatoms. The Labute approximate surface area is 104 Å². The van der Waals surface area contributed by atoms with Crippen molar-refractivity contribution in [3.8, 4) is 6.07 Å². The highest BCUT2D eigenvalue weighted by molar-refractivity contribution is 5.41. The number of nitriles is 1. The van der Waals surface area contributed by atoms with Crippen LogP contribution < -0.4 is 0 Å². The number of ether oxygens (including phenoxy) is 1. The summed E-state index contributed by atoms with van der Waals surface area (Å²) in [6.07, 6.45) is 1.40. The van der Waals surface area contributed by atoms with Crippen molar-refractivity contribution in [1.82, 2.24) is 0 Å². The molecule has 2 nitrogen and oxygen atoms in total. The molecular formula is C14H15F2NO. The average molecular weight is 251 g/mol. The molecule has 0 heterocycles. The van der Waals surface area contributed by atoms with E-state index in [0.717, 1.165) is 6.42 Å². The first-order valence-electron chi connectivity index (χ1n) is 6.98. The minimum absolute atomic E-state index is 0.187. The van der Waals surface area contributed by atoms with Crippen LogP contribution in [0.3, 0.4) is 0 Å². The molecule has 0 aromatic heterocycles. The van der Waals surface area contributed by atoms with Crippen molar-refractivity contribution in [2.24, 2.45) is 46.8 Å². The zero-order valence-electron chi connectivity index (χ0n) is 9.98. The molecule has 6 rings (SSSR count). The number of nitrogens with zero attached hydrogens (tertiary/aromatic N) is 1. The van der Waals surface area contributed by atoms with E-state index in [0.29, 0.717) is 43.3 Å². The van der Waals surface area contributed by atoms with Crippen LogP contribution in [0.1, 0.15) is 12.8 Å². The molecule has 0 aromatic carbocycles. The fourth-order valence-electron chi connectivity index (χ4n) is 7.09. The summed E-state index contributed by atoms with van der Waals surface area (Å²) in [6, 6.07) is 2.04.